The largest absolute Gasteiger partial charge is 0.506 e. The van der Waals surface area contributed by atoms with Crippen LogP contribution in [0.25, 0.3) is 5.69 Å². The van der Waals surface area contributed by atoms with Gasteiger partial charge in [-0.05, 0) is 24.3 Å². The van der Waals surface area contributed by atoms with Crippen molar-refractivity contribution < 1.29 is 19.4 Å². The van der Waals surface area contributed by atoms with Crippen LogP contribution in [0.15, 0.2) is 54.7 Å². The maximum Gasteiger partial charge on any atom is 0.411 e. The van der Waals surface area contributed by atoms with Crippen molar-refractivity contribution in [3.8, 4) is 17.3 Å². The molecule has 0 atom stereocenters. The van der Waals surface area contributed by atoms with E-state index < -0.39 is 6.09 Å². The number of nitrogens with one attached hydrogen (secondary N) is 1. The van der Waals surface area contributed by atoms with E-state index in [0.29, 0.717) is 17.3 Å². The molecule has 0 fully saturated rings. The fourth-order valence-electron chi connectivity index (χ4n) is 2.25. The molecule has 0 aliphatic carbocycles. The summed E-state index contributed by atoms with van der Waals surface area (Å²) in [5, 5.41) is 16.7. The van der Waals surface area contributed by atoms with Crippen molar-refractivity contribution in [3.05, 3.63) is 65.3 Å². The number of nitrogens with zero attached hydrogens (tertiary/aromatic N) is 2. The molecule has 7 nitrogen and oxygen atoms in total. The Morgan fingerprint density at radius 2 is 2.08 bits per heavy atom. The summed E-state index contributed by atoms with van der Waals surface area (Å²) in [7, 11) is 1.30. The molecule has 0 aliphatic rings. The first-order chi connectivity index (χ1) is 12.6. The van der Waals surface area contributed by atoms with E-state index in [4.69, 9.17) is 16.3 Å². The average molecular weight is 374 g/mol. The van der Waals surface area contributed by atoms with Gasteiger partial charge in [-0.1, -0.05) is 29.8 Å². The molecular weight excluding hydrogens is 358 g/mol. The lowest BCUT2D eigenvalue weighted by Crippen LogP contribution is -2.13. The van der Waals surface area contributed by atoms with E-state index in [2.05, 4.69) is 15.2 Å². The van der Waals surface area contributed by atoms with Crippen LogP contribution in [-0.2, 0) is 11.3 Å². The number of aromatic nitrogens is 2. The molecule has 1 aromatic heterocycles. The number of anilines is 1. The van der Waals surface area contributed by atoms with Crippen molar-refractivity contribution in [3.63, 3.8) is 0 Å². The first kappa shape index (κ1) is 17.6. The van der Waals surface area contributed by atoms with Gasteiger partial charge in [0.05, 0.1) is 23.5 Å². The number of para-hydroxylation sites is 1. The van der Waals surface area contributed by atoms with Gasteiger partial charge in [-0.2, -0.15) is 0 Å². The first-order valence-electron chi connectivity index (χ1n) is 7.67. The molecule has 0 unspecified atom stereocenters. The number of carbonyl (C=O) groups excluding carboxylic acids is 1. The number of benzene rings is 2. The molecule has 0 radical (unpaired) electrons. The molecular formula is C18H16ClN3O4. The van der Waals surface area contributed by atoms with Crippen molar-refractivity contribution in [2.45, 2.75) is 6.61 Å². The summed E-state index contributed by atoms with van der Waals surface area (Å²) >= 11 is 5.92. The van der Waals surface area contributed by atoms with Crippen molar-refractivity contribution >= 4 is 23.4 Å². The van der Waals surface area contributed by atoms with Crippen LogP contribution in [0, 0.1) is 0 Å². The van der Waals surface area contributed by atoms with E-state index in [0.717, 1.165) is 5.56 Å². The van der Waals surface area contributed by atoms with Crippen LogP contribution < -0.4 is 10.1 Å². The lowest BCUT2D eigenvalue weighted by Gasteiger charge is -2.10. The van der Waals surface area contributed by atoms with Crippen LogP contribution in [0.5, 0.6) is 11.6 Å². The number of amides is 1. The standard InChI is InChI=1S/C18H16ClN3O4/c1-25-18(24)20-15-5-3-2-4-12(15)11-26-17-8-9-22(21-17)13-6-7-16(23)14(19)10-13/h2-10,23H,11H2,1H3,(H,20,24). The monoisotopic (exact) mass is 373 g/mol. The molecule has 2 aromatic carbocycles. The van der Waals surface area contributed by atoms with Crippen molar-refractivity contribution in [2.24, 2.45) is 0 Å². The number of rotatable bonds is 5. The highest BCUT2D eigenvalue weighted by Crippen LogP contribution is 2.26. The predicted octanol–water partition coefficient (Wildman–Crippen LogP) is 3.99. The second-order valence-electron chi connectivity index (χ2n) is 5.30. The molecule has 0 aliphatic heterocycles. The van der Waals surface area contributed by atoms with Gasteiger partial charge in [0.1, 0.15) is 12.4 Å². The maximum atomic E-state index is 11.4. The van der Waals surface area contributed by atoms with E-state index in [9.17, 15) is 9.90 Å². The van der Waals surface area contributed by atoms with Gasteiger partial charge in [0, 0.05) is 17.8 Å². The molecule has 134 valence electrons. The van der Waals surface area contributed by atoms with E-state index in [-0.39, 0.29) is 17.4 Å². The Labute approximate surface area is 154 Å². The Morgan fingerprint density at radius 1 is 1.27 bits per heavy atom. The molecule has 3 aromatic rings. The van der Waals surface area contributed by atoms with Crippen LogP contribution in [0.1, 0.15) is 5.56 Å². The fraction of sp³-hybridized carbons (Fsp3) is 0.111. The minimum Gasteiger partial charge on any atom is -0.506 e. The quantitative estimate of drug-likeness (QED) is 0.706. The number of phenols is 1. The Hall–Kier alpha value is -3.19. The first-order valence-corrected chi connectivity index (χ1v) is 8.05. The van der Waals surface area contributed by atoms with Crippen LogP contribution in [-0.4, -0.2) is 28.1 Å². The zero-order valence-corrected chi connectivity index (χ0v) is 14.6. The highest BCUT2D eigenvalue weighted by Gasteiger charge is 2.09. The van der Waals surface area contributed by atoms with Gasteiger partial charge in [-0.3, -0.25) is 5.32 Å². The summed E-state index contributed by atoms with van der Waals surface area (Å²) < 4.78 is 11.9. The summed E-state index contributed by atoms with van der Waals surface area (Å²) in [6.45, 7) is 0.216. The molecule has 1 amide bonds. The number of halogens is 1. The van der Waals surface area contributed by atoms with Gasteiger partial charge in [0.25, 0.3) is 0 Å². The third-order valence-electron chi connectivity index (χ3n) is 3.58. The molecule has 3 rings (SSSR count). The number of methoxy groups -OCH3 is 1. The van der Waals surface area contributed by atoms with E-state index in [1.165, 1.54) is 13.2 Å². The summed E-state index contributed by atoms with van der Waals surface area (Å²) in [5.74, 6) is 0.413. The zero-order chi connectivity index (χ0) is 18.5. The lowest BCUT2D eigenvalue weighted by molar-refractivity contribution is 0.187. The molecule has 26 heavy (non-hydrogen) atoms. The van der Waals surface area contributed by atoms with Gasteiger partial charge in [-0.25, -0.2) is 9.48 Å². The van der Waals surface area contributed by atoms with Crippen LogP contribution in [0.4, 0.5) is 10.5 Å². The lowest BCUT2D eigenvalue weighted by atomic mass is 10.2. The number of carbonyl (C=O) groups is 1. The Bertz CT molecular complexity index is 926. The highest BCUT2D eigenvalue weighted by molar-refractivity contribution is 6.32. The molecule has 8 heteroatoms. The second kappa shape index (κ2) is 7.79. The number of hydrogen-bond donors (Lipinski definition) is 2. The SMILES string of the molecule is COC(=O)Nc1ccccc1COc1ccn(-c2ccc(O)c(Cl)c2)n1. The summed E-state index contributed by atoms with van der Waals surface area (Å²) in [6.07, 6.45) is 1.17. The Morgan fingerprint density at radius 3 is 2.85 bits per heavy atom. The van der Waals surface area contributed by atoms with E-state index in [1.54, 1.807) is 41.2 Å². The average Bonchev–Trinajstić information content (AvgIpc) is 3.12. The van der Waals surface area contributed by atoms with Gasteiger partial charge >= 0.3 is 6.09 Å². The third-order valence-corrected chi connectivity index (χ3v) is 3.88. The van der Waals surface area contributed by atoms with Gasteiger partial charge in [0.2, 0.25) is 5.88 Å². The summed E-state index contributed by atoms with van der Waals surface area (Å²) in [6, 6.07) is 13.7. The molecule has 1 heterocycles. The van der Waals surface area contributed by atoms with Crippen LogP contribution >= 0.6 is 11.6 Å². The summed E-state index contributed by atoms with van der Waals surface area (Å²) in [4.78, 5) is 11.4. The minimum atomic E-state index is -0.550. The zero-order valence-electron chi connectivity index (χ0n) is 13.8. The van der Waals surface area contributed by atoms with Crippen LogP contribution in [0.2, 0.25) is 5.02 Å². The van der Waals surface area contributed by atoms with Crippen molar-refractivity contribution in [2.75, 3.05) is 12.4 Å². The molecule has 0 spiro atoms. The van der Waals surface area contributed by atoms with Crippen LogP contribution in [0.3, 0.4) is 0 Å². The van der Waals surface area contributed by atoms with Crippen molar-refractivity contribution in [1.82, 2.24) is 9.78 Å². The minimum absolute atomic E-state index is 0.00811. The number of phenolic OH excluding ortho intramolecular Hbond substituents is 1. The van der Waals surface area contributed by atoms with E-state index >= 15 is 0 Å². The van der Waals surface area contributed by atoms with Gasteiger partial charge in [0.15, 0.2) is 0 Å². The number of hydrogen-bond acceptors (Lipinski definition) is 5. The maximum absolute atomic E-state index is 11.4. The van der Waals surface area contributed by atoms with E-state index in [1.807, 2.05) is 12.1 Å². The second-order valence-corrected chi connectivity index (χ2v) is 5.70. The smallest absolute Gasteiger partial charge is 0.411 e. The summed E-state index contributed by atoms with van der Waals surface area (Å²) in [5.41, 5.74) is 2.07. The van der Waals surface area contributed by atoms with Gasteiger partial charge < -0.3 is 14.6 Å². The Kier molecular flexibility index (Phi) is 5.28. The molecule has 0 saturated heterocycles. The Balaban J connectivity index is 1.71. The molecule has 0 saturated carbocycles. The fourth-order valence-corrected chi connectivity index (χ4v) is 2.42. The number of aromatic hydroxyl groups is 1. The normalized spacial score (nSPS) is 10.4. The number of ether oxygens (including phenoxy) is 2. The topological polar surface area (TPSA) is 85.6 Å². The molecule has 0 bridgehead atoms. The molecule has 2 N–H and O–H groups in total. The third kappa shape index (κ3) is 4.07. The van der Waals surface area contributed by atoms with Gasteiger partial charge in [-0.15, -0.1) is 5.10 Å². The predicted molar refractivity (Wildman–Crippen MR) is 97.0 cm³/mol. The van der Waals surface area contributed by atoms with Crippen molar-refractivity contribution in [1.29, 1.82) is 0 Å². The highest BCUT2D eigenvalue weighted by atomic mass is 35.5.